The number of fused-ring (bicyclic) bond motifs is 1. The van der Waals surface area contributed by atoms with Crippen LogP contribution >= 0.6 is 49.9 Å². The Morgan fingerprint density at radius 1 is 1.42 bits per heavy atom. The van der Waals surface area contributed by atoms with Gasteiger partial charge in [0.05, 0.1) is 0 Å². The van der Waals surface area contributed by atoms with Crippen molar-refractivity contribution in [1.82, 2.24) is 0 Å². The molecule has 0 amide bonds. The number of benzene rings is 1. The van der Waals surface area contributed by atoms with Gasteiger partial charge in [-0.2, -0.15) is 0 Å². The van der Waals surface area contributed by atoms with E-state index in [0.717, 1.165) is 0 Å². The van der Waals surface area contributed by atoms with E-state index < -0.39 is 0 Å². The molecule has 0 radical (unpaired) electrons. The molecule has 0 saturated heterocycles. The highest BCUT2D eigenvalue weighted by atomic mass is 127. The minimum Gasteiger partial charge on any atom is -0.143 e. The van der Waals surface area contributed by atoms with Crippen LogP contribution in [0, 0.1) is 10.5 Å². The van der Waals surface area contributed by atoms with Gasteiger partial charge in [-0.3, -0.25) is 0 Å². The van der Waals surface area contributed by atoms with Gasteiger partial charge in [0.15, 0.2) is 0 Å². The van der Waals surface area contributed by atoms with Gasteiger partial charge in [0.25, 0.3) is 0 Å². The van der Waals surface area contributed by atoms with E-state index in [2.05, 4.69) is 63.0 Å². The molecule has 0 nitrogen and oxygen atoms in total. The second-order valence-corrected chi connectivity index (χ2v) is 5.69. The van der Waals surface area contributed by atoms with Crippen LogP contribution in [0.2, 0.25) is 0 Å². The van der Waals surface area contributed by atoms with Crippen molar-refractivity contribution < 1.29 is 0 Å². The lowest BCUT2D eigenvalue weighted by Crippen LogP contribution is -1.74. The molecule has 0 N–H and O–H groups in total. The average Bonchev–Trinajstić information content (AvgIpc) is 2.31. The lowest BCUT2D eigenvalue weighted by Gasteiger charge is -1.97. The first-order valence-corrected chi connectivity index (χ1v) is 6.26. The van der Waals surface area contributed by atoms with Crippen molar-refractivity contribution in [2.24, 2.45) is 0 Å². The van der Waals surface area contributed by atoms with Gasteiger partial charge in [-0.15, -0.1) is 11.3 Å². The summed E-state index contributed by atoms with van der Waals surface area (Å²) in [6.07, 6.45) is 0. The Balaban J connectivity index is 2.93. The molecule has 12 heavy (non-hydrogen) atoms. The maximum atomic E-state index is 3.58. The highest BCUT2D eigenvalue weighted by molar-refractivity contribution is 14.1. The molecule has 2 aromatic rings. The van der Waals surface area contributed by atoms with Gasteiger partial charge in [0, 0.05) is 18.1 Å². The molecule has 1 aromatic carbocycles. The SMILES string of the molecule is Cc1csc2cc(I)cc(Br)c12. The Hall–Kier alpha value is 0.390. The predicted molar refractivity (Wildman–Crippen MR) is 67.0 cm³/mol. The van der Waals surface area contributed by atoms with Gasteiger partial charge in [-0.05, 0) is 52.6 Å². The van der Waals surface area contributed by atoms with Crippen LogP contribution in [0.3, 0.4) is 0 Å². The molecule has 0 aliphatic carbocycles. The molecule has 62 valence electrons. The average molecular weight is 353 g/mol. The van der Waals surface area contributed by atoms with E-state index in [1.807, 2.05) is 11.3 Å². The van der Waals surface area contributed by atoms with Crippen LogP contribution in [0.25, 0.3) is 10.1 Å². The van der Waals surface area contributed by atoms with E-state index in [-0.39, 0.29) is 0 Å². The molecular formula is C9H6BrIS. The molecule has 0 saturated carbocycles. The Bertz CT molecular complexity index is 433. The zero-order valence-electron chi connectivity index (χ0n) is 6.40. The summed E-state index contributed by atoms with van der Waals surface area (Å²) in [6.45, 7) is 2.15. The Morgan fingerprint density at radius 3 is 2.92 bits per heavy atom. The quantitative estimate of drug-likeness (QED) is 0.609. The summed E-state index contributed by atoms with van der Waals surface area (Å²) in [5.74, 6) is 0. The van der Waals surface area contributed by atoms with Crippen molar-refractivity contribution in [2.75, 3.05) is 0 Å². The number of hydrogen-bond donors (Lipinski definition) is 0. The van der Waals surface area contributed by atoms with Crippen LogP contribution in [-0.4, -0.2) is 0 Å². The smallest absolute Gasteiger partial charge is 0.0367 e. The molecule has 1 heterocycles. The van der Waals surface area contributed by atoms with Crippen molar-refractivity contribution in [3.8, 4) is 0 Å². The van der Waals surface area contributed by atoms with Gasteiger partial charge in [-0.1, -0.05) is 15.9 Å². The zero-order valence-corrected chi connectivity index (χ0v) is 11.0. The van der Waals surface area contributed by atoms with Crippen molar-refractivity contribution in [1.29, 1.82) is 0 Å². The summed E-state index contributed by atoms with van der Waals surface area (Å²) in [5, 5.41) is 3.56. The number of thiophene rings is 1. The van der Waals surface area contributed by atoms with E-state index in [4.69, 9.17) is 0 Å². The van der Waals surface area contributed by atoms with E-state index in [1.54, 1.807) is 0 Å². The van der Waals surface area contributed by atoms with Crippen LogP contribution in [0.15, 0.2) is 22.0 Å². The van der Waals surface area contributed by atoms with Crippen LogP contribution < -0.4 is 0 Å². The van der Waals surface area contributed by atoms with Crippen LogP contribution in [0.1, 0.15) is 5.56 Å². The molecule has 0 bridgehead atoms. The highest BCUT2D eigenvalue weighted by Gasteiger charge is 2.04. The first-order chi connectivity index (χ1) is 5.68. The normalized spacial score (nSPS) is 10.9. The molecule has 0 spiro atoms. The predicted octanol–water partition coefficient (Wildman–Crippen LogP) is 4.58. The van der Waals surface area contributed by atoms with Gasteiger partial charge < -0.3 is 0 Å². The second kappa shape index (κ2) is 3.27. The van der Waals surface area contributed by atoms with Gasteiger partial charge in [-0.25, -0.2) is 0 Å². The number of aryl methyl sites for hydroxylation is 1. The summed E-state index contributed by atoms with van der Waals surface area (Å²) >= 11 is 7.73. The Kier molecular flexibility index (Phi) is 2.44. The molecule has 0 atom stereocenters. The highest BCUT2D eigenvalue weighted by Crippen LogP contribution is 2.33. The van der Waals surface area contributed by atoms with Crippen LogP contribution in [0.5, 0.6) is 0 Å². The minimum atomic E-state index is 1.21. The Morgan fingerprint density at radius 2 is 2.17 bits per heavy atom. The standard InChI is InChI=1S/C9H6BrIS/c1-5-4-12-8-3-6(11)2-7(10)9(5)8/h2-4H,1H3. The van der Waals surface area contributed by atoms with Gasteiger partial charge in [0.1, 0.15) is 0 Å². The largest absolute Gasteiger partial charge is 0.143 e. The third-order valence-corrected chi connectivity index (χ3v) is 4.07. The van der Waals surface area contributed by atoms with Gasteiger partial charge >= 0.3 is 0 Å². The fourth-order valence-electron chi connectivity index (χ4n) is 1.24. The zero-order chi connectivity index (χ0) is 8.72. The molecule has 3 heteroatoms. The molecule has 0 aliphatic rings. The third kappa shape index (κ3) is 1.42. The summed E-state index contributed by atoms with van der Waals surface area (Å²) in [5.41, 5.74) is 1.36. The number of rotatable bonds is 0. The van der Waals surface area contributed by atoms with Crippen LogP contribution in [0.4, 0.5) is 0 Å². The molecule has 0 fully saturated rings. The maximum Gasteiger partial charge on any atom is 0.0367 e. The summed E-state index contributed by atoms with van der Waals surface area (Å²) < 4.78 is 3.86. The number of hydrogen-bond acceptors (Lipinski definition) is 1. The fraction of sp³-hybridized carbons (Fsp3) is 0.111. The first kappa shape index (κ1) is 8.97. The molecule has 0 aliphatic heterocycles. The maximum absolute atomic E-state index is 3.58. The lowest BCUT2D eigenvalue weighted by atomic mass is 10.2. The minimum absolute atomic E-state index is 1.21. The first-order valence-electron chi connectivity index (χ1n) is 3.51. The summed E-state index contributed by atoms with van der Waals surface area (Å²) in [7, 11) is 0. The van der Waals surface area contributed by atoms with Crippen molar-refractivity contribution in [3.05, 3.63) is 31.1 Å². The van der Waals surface area contributed by atoms with E-state index in [1.165, 1.54) is 23.7 Å². The monoisotopic (exact) mass is 352 g/mol. The lowest BCUT2D eigenvalue weighted by molar-refractivity contribution is 1.58. The third-order valence-electron chi connectivity index (χ3n) is 1.78. The summed E-state index contributed by atoms with van der Waals surface area (Å²) in [4.78, 5) is 0. The van der Waals surface area contributed by atoms with Crippen molar-refractivity contribution in [3.63, 3.8) is 0 Å². The molecule has 1 aromatic heterocycles. The second-order valence-electron chi connectivity index (χ2n) is 2.68. The topological polar surface area (TPSA) is 0 Å². The Labute approximate surface area is 97.2 Å². The van der Waals surface area contributed by atoms with Crippen LogP contribution in [-0.2, 0) is 0 Å². The van der Waals surface area contributed by atoms with Crippen molar-refractivity contribution >= 4 is 59.9 Å². The fourth-order valence-corrected chi connectivity index (χ4v) is 4.41. The molecule has 2 rings (SSSR count). The molecular weight excluding hydrogens is 347 g/mol. The van der Waals surface area contributed by atoms with E-state index in [9.17, 15) is 0 Å². The van der Waals surface area contributed by atoms with Gasteiger partial charge in [0.2, 0.25) is 0 Å². The summed E-state index contributed by atoms with van der Waals surface area (Å²) in [6, 6.07) is 4.38. The van der Waals surface area contributed by atoms with E-state index in [0.29, 0.717) is 0 Å². The van der Waals surface area contributed by atoms with Crippen molar-refractivity contribution in [2.45, 2.75) is 6.92 Å². The van der Waals surface area contributed by atoms with E-state index >= 15 is 0 Å². The number of halogens is 2. The molecule has 0 unspecified atom stereocenters.